The zero-order chi connectivity index (χ0) is 16.6. The summed E-state index contributed by atoms with van der Waals surface area (Å²) in [6.07, 6.45) is 1.68. The molecule has 1 heterocycles. The number of rotatable bonds is 2. The van der Waals surface area contributed by atoms with Crippen LogP contribution in [-0.2, 0) is 0 Å². The highest BCUT2D eigenvalue weighted by Gasteiger charge is 2.38. The van der Waals surface area contributed by atoms with Gasteiger partial charge in [0.1, 0.15) is 5.03 Å². The van der Waals surface area contributed by atoms with E-state index in [2.05, 4.69) is 4.98 Å². The van der Waals surface area contributed by atoms with Crippen LogP contribution in [0.5, 0.6) is 0 Å². The van der Waals surface area contributed by atoms with Gasteiger partial charge in [-0.1, -0.05) is 62.9 Å². The summed E-state index contributed by atoms with van der Waals surface area (Å²) in [6, 6.07) is 12.6. The first-order valence-electron chi connectivity index (χ1n) is 7.41. The van der Waals surface area contributed by atoms with Gasteiger partial charge < -0.3 is 0 Å². The van der Waals surface area contributed by atoms with Crippen LogP contribution in [0, 0.1) is 5.41 Å². The minimum Gasteiger partial charge on any atom is -0.289 e. The predicted molar refractivity (Wildman–Crippen MR) is 91.7 cm³/mol. The highest BCUT2D eigenvalue weighted by atomic mass is 32.2. The number of benzene rings is 1. The molecule has 2 aromatic rings. The van der Waals surface area contributed by atoms with Gasteiger partial charge in [-0.3, -0.25) is 9.59 Å². The van der Waals surface area contributed by atoms with Gasteiger partial charge in [0, 0.05) is 22.9 Å². The third-order valence-corrected chi connectivity index (χ3v) is 4.72. The lowest BCUT2D eigenvalue weighted by Gasteiger charge is -2.29. The van der Waals surface area contributed by atoms with Crippen LogP contribution in [0.4, 0.5) is 0 Å². The molecule has 4 heteroatoms. The van der Waals surface area contributed by atoms with E-state index in [1.807, 2.05) is 39.0 Å². The Kier molecular flexibility index (Phi) is 3.94. The molecule has 0 aliphatic heterocycles. The average molecular weight is 323 g/mol. The lowest BCUT2D eigenvalue weighted by molar-refractivity contribution is 0.0964. The number of hydrogen-bond acceptors (Lipinski definition) is 4. The number of pyridine rings is 1. The van der Waals surface area contributed by atoms with E-state index in [1.54, 1.807) is 30.5 Å². The van der Waals surface area contributed by atoms with Crippen LogP contribution in [0.3, 0.4) is 0 Å². The second-order valence-electron chi connectivity index (χ2n) is 6.43. The van der Waals surface area contributed by atoms with Crippen LogP contribution in [0.25, 0.3) is 0 Å². The number of hydrogen-bond donors (Lipinski definition) is 0. The fourth-order valence-corrected chi connectivity index (χ4v) is 3.82. The van der Waals surface area contributed by atoms with Crippen LogP contribution in [0.1, 0.15) is 41.5 Å². The van der Waals surface area contributed by atoms with Gasteiger partial charge in [0.05, 0.1) is 4.91 Å². The van der Waals surface area contributed by atoms with Crippen molar-refractivity contribution < 1.29 is 9.59 Å². The Bertz CT molecular complexity index is 817. The maximum Gasteiger partial charge on any atom is 0.200 e. The molecule has 0 atom stereocenters. The molecule has 0 radical (unpaired) electrons. The summed E-state index contributed by atoms with van der Waals surface area (Å²) in [5, 5.41) is 0.713. The number of carbonyl (C=O) groups excluding carboxylic acids is 2. The molecule has 0 bridgehead atoms. The van der Waals surface area contributed by atoms with Gasteiger partial charge in [-0.25, -0.2) is 4.98 Å². The molecule has 0 saturated carbocycles. The third kappa shape index (κ3) is 2.86. The molecule has 1 aliphatic rings. The first-order valence-corrected chi connectivity index (χ1v) is 8.23. The lowest BCUT2D eigenvalue weighted by atomic mass is 9.76. The molecule has 0 N–H and O–H groups in total. The van der Waals surface area contributed by atoms with Gasteiger partial charge in [0.15, 0.2) is 5.78 Å². The summed E-state index contributed by atoms with van der Waals surface area (Å²) in [5.41, 5.74) is 1.12. The van der Waals surface area contributed by atoms with E-state index >= 15 is 0 Å². The normalized spacial score (nSPS) is 14.9. The Morgan fingerprint density at radius 3 is 2.04 bits per heavy atom. The number of ketones is 2. The maximum absolute atomic E-state index is 13.0. The fraction of sp³-hybridized carbons (Fsp3) is 0.211. The molecule has 0 fully saturated rings. The Labute approximate surface area is 139 Å². The van der Waals surface area contributed by atoms with Crippen molar-refractivity contribution in [2.45, 2.75) is 25.8 Å². The molecule has 1 aromatic carbocycles. The quantitative estimate of drug-likeness (QED) is 0.813. The van der Waals surface area contributed by atoms with Crippen molar-refractivity contribution in [3.63, 3.8) is 0 Å². The number of fused-ring (bicyclic) bond motifs is 1. The lowest BCUT2D eigenvalue weighted by Crippen LogP contribution is -2.28. The third-order valence-electron chi connectivity index (χ3n) is 3.67. The highest BCUT2D eigenvalue weighted by molar-refractivity contribution is 8.04. The topological polar surface area (TPSA) is 47.0 Å². The maximum atomic E-state index is 13.0. The molecule has 3 rings (SSSR count). The van der Waals surface area contributed by atoms with E-state index in [9.17, 15) is 9.59 Å². The first kappa shape index (κ1) is 15.7. The van der Waals surface area contributed by atoms with Gasteiger partial charge in [0.25, 0.3) is 0 Å². The van der Waals surface area contributed by atoms with Gasteiger partial charge in [-0.05, 0) is 17.5 Å². The second-order valence-corrected chi connectivity index (χ2v) is 7.46. The van der Waals surface area contributed by atoms with Crippen LogP contribution >= 0.6 is 11.8 Å². The van der Waals surface area contributed by atoms with Crippen molar-refractivity contribution in [3.8, 4) is 0 Å². The van der Waals surface area contributed by atoms with E-state index in [0.29, 0.717) is 26.6 Å². The van der Waals surface area contributed by atoms with Gasteiger partial charge >= 0.3 is 0 Å². The highest BCUT2D eigenvalue weighted by Crippen LogP contribution is 2.42. The molecule has 116 valence electrons. The molecular formula is C19H17NO2S. The molecule has 0 spiro atoms. The first-order chi connectivity index (χ1) is 10.9. The number of thioether (sulfide) groups is 1. The van der Waals surface area contributed by atoms with E-state index in [0.717, 1.165) is 0 Å². The number of allylic oxidation sites excluding steroid dienone is 2. The van der Waals surface area contributed by atoms with E-state index < -0.39 is 5.41 Å². The summed E-state index contributed by atoms with van der Waals surface area (Å²) < 4.78 is 0. The molecule has 23 heavy (non-hydrogen) atoms. The monoisotopic (exact) mass is 323 g/mol. The molecule has 1 aliphatic carbocycles. The van der Waals surface area contributed by atoms with E-state index in [-0.39, 0.29) is 11.6 Å². The van der Waals surface area contributed by atoms with Crippen molar-refractivity contribution in [3.05, 3.63) is 70.3 Å². The fourth-order valence-electron chi connectivity index (χ4n) is 2.64. The summed E-state index contributed by atoms with van der Waals surface area (Å²) in [7, 11) is 0. The van der Waals surface area contributed by atoms with Crippen molar-refractivity contribution in [1.82, 2.24) is 4.98 Å². The Balaban J connectivity index is 2.18. The summed E-state index contributed by atoms with van der Waals surface area (Å²) in [4.78, 5) is 30.7. The van der Waals surface area contributed by atoms with Crippen LogP contribution < -0.4 is 0 Å². The molecule has 1 aromatic heterocycles. The molecule has 0 amide bonds. The number of carbonyl (C=O) groups is 2. The largest absolute Gasteiger partial charge is 0.289 e. The minimum atomic E-state index is -0.419. The summed E-state index contributed by atoms with van der Waals surface area (Å²) >= 11 is 1.27. The smallest absolute Gasteiger partial charge is 0.200 e. The van der Waals surface area contributed by atoms with Crippen LogP contribution in [0.15, 0.2) is 64.2 Å². The van der Waals surface area contributed by atoms with Crippen molar-refractivity contribution in [2.24, 2.45) is 5.41 Å². The van der Waals surface area contributed by atoms with Gasteiger partial charge in [0.2, 0.25) is 5.78 Å². The molecule has 0 saturated heterocycles. The second kappa shape index (κ2) is 5.78. The van der Waals surface area contributed by atoms with Crippen molar-refractivity contribution in [2.75, 3.05) is 0 Å². The van der Waals surface area contributed by atoms with Crippen LogP contribution in [-0.4, -0.2) is 16.6 Å². The van der Waals surface area contributed by atoms with E-state index in [1.165, 1.54) is 11.8 Å². The van der Waals surface area contributed by atoms with Crippen LogP contribution in [0.2, 0.25) is 0 Å². The SMILES string of the molecule is CC(C)(C)C1=C(Sc2ccccn2)C(=O)c2ccccc2C1=O. The summed E-state index contributed by atoms with van der Waals surface area (Å²) in [5.74, 6) is -0.160. The minimum absolute atomic E-state index is 0.0638. The van der Waals surface area contributed by atoms with Gasteiger partial charge in [-0.15, -0.1) is 0 Å². The number of aromatic nitrogens is 1. The molecule has 0 unspecified atom stereocenters. The number of nitrogens with zero attached hydrogens (tertiary/aromatic N) is 1. The zero-order valence-corrected chi connectivity index (χ0v) is 14.1. The zero-order valence-electron chi connectivity index (χ0n) is 13.3. The Morgan fingerprint density at radius 2 is 1.48 bits per heavy atom. The summed E-state index contributed by atoms with van der Waals surface area (Å²) in [6.45, 7) is 5.88. The van der Waals surface area contributed by atoms with Gasteiger partial charge in [-0.2, -0.15) is 0 Å². The van der Waals surface area contributed by atoms with Crippen molar-refractivity contribution >= 4 is 23.3 Å². The average Bonchev–Trinajstić information content (AvgIpc) is 2.52. The Morgan fingerprint density at radius 1 is 0.870 bits per heavy atom. The molecule has 3 nitrogen and oxygen atoms in total. The van der Waals surface area contributed by atoms with Crippen molar-refractivity contribution in [1.29, 1.82) is 0 Å². The Hall–Kier alpha value is -2.20. The molecular weight excluding hydrogens is 306 g/mol. The standard InChI is InChI=1S/C19H17NO2S/c1-19(2,3)15-16(21)12-8-4-5-9-13(12)17(22)18(15)23-14-10-6-7-11-20-14/h4-11H,1-3H3. The van der Waals surface area contributed by atoms with E-state index in [4.69, 9.17) is 0 Å². The number of Topliss-reactive ketones (excluding diaryl/α,β-unsaturated/α-hetero) is 2. The predicted octanol–water partition coefficient (Wildman–Crippen LogP) is 4.55.